The second-order valence-electron chi connectivity index (χ2n) is 18.7. The molecule has 4 N–H and O–H groups in total. The summed E-state index contributed by atoms with van der Waals surface area (Å²) in [5.74, 6) is -3.12. The molecule has 6 aromatic carbocycles. The Balaban J connectivity index is 0.000000172. The van der Waals surface area contributed by atoms with Crippen LogP contribution in [0.25, 0.3) is 55.4 Å². The molecule has 0 atom stereocenters. The van der Waals surface area contributed by atoms with Crippen LogP contribution in [0.3, 0.4) is 0 Å². The van der Waals surface area contributed by atoms with Crippen LogP contribution in [0.2, 0.25) is 0 Å². The van der Waals surface area contributed by atoms with Crippen LogP contribution in [0.4, 0.5) is 28.9 Å². The number of rotatable bonds is 12. The number of carbonyl (C=O) groups is 2. The zero-order chi connectivity index (χ0) is 57.3. The van der Waals surface area contributed by atoms with Gasteiger partial charge in [-0.25, -0.2) is 17.6 Å². The van der Waals surface area contributed by atoms with E-state index < -0.39 is 46.2 Å². The van der Waals surface area contributed by atoms with Crippen molar-refractivity contribution >= 4 is 45.0 Å². The van der Waals surface area contributed by atoms with Gasteiger partial charge in [-0.3, -0.25) is 47.9 Å². The molecule has 0 aliphatic rings. The van der Waals surface area contributed by atoms with Crippen LogP contribution >= 0.6 is 0 Å². The Labute approximate surface area is 461 Å². The lowest BCUT2D eigenvalue weighted by atomic mass is 10.1. The molecule has 0 spiro atoms. The Kier molecular flexibility index (Phi) is 14.1. The van der Waals surface area contributed by atoms with Gasteiger partial charge in [-0.15, -0.1) is 0 Å². The molecule has 0 fully saturated rings. The number of fused-ring (bicyclic) bond motifs is 2. The van der Waals surface area contributed by atoms with Gasteiger partial charge in [-0.1, -0.05) is 0 Å². The number of ether oxygens (including phenoxy) is 2. The van der Waals surface area contributed by atoms with Gasteiger partial charge >= 0.3 is 0 Å². The van der Waals surface area contributed by atoms with E-state index in [-0.39, 0.29) is 34.0 Å². The molecule has 12 aromatic rings. The Hall–Kier alpha value is -11.2. The fraction of sp³-hybridized carbons (Fsp3) is 0.0667. The summed E-state index contributed by atoms with van der Waals surface area (Å²) in [4.78, 5) is 52.4. The third-order valence-electron chi connectivity index (χ3n) is 13.3. The standard InChI is InChI=1S/2C30H22F2N6O3/c2*1-17-3-9-23(30(40)38(17)22-7-4-20(31)5-8-22)29(39)36-21-6-10-27(25(32)12-21)41-28-11-18-16-35-37(2)26(18)13-24(28)19-14-33-34-15-19/h2*3-16H,1-2H3,(H,33,34)(H,36,39). The van der Waals surface area contributed by atoms with Crippen LogP contribution in [0, 0.1) is 37.1 Å². The summed E-state index contributed by atoms with van der Waals surface area (Å²) >= 11 is 0. The Morgan fingerprint density at radius 3 is 1.26 bits per heavy atom. The molecule has 6 heterocycles. The predicted molar refractivity (Wildman–Crippen MR) is 299 cm³/mol. The third-order valence-corrected chi connectivity index (χ3v) is 13.3. The van der Waals surface area contributed by atoms with Gasteiger partial charge in [0.05, 0.1) is 35.8 Å². The first-order chi connectivity index (χ1) is 39.6. The van der Waals surface area contributed by atoms with Crippen LogP contribution in [0.15, 0.2) is 180 Å². The summed E-state index contributed by atoms with van der Waals surface area (Å²) in [5, 5.41) is 28.8. The second-order valence-corrected chi connectivity index (χ2v) is 18.7. The van der Waals surface area contributed by atoms with E-state index in [2.05, 4.69) is 41.2 Å². The molecule has 0 aliphatic heterocycles. The molecule has 0 saturated heterocycles. The summed E-state index contributed by atoms with van der Waals surface area (Å²) in [5.41, 5.74) is 5.30. The number of halogens is 4. The van der Waals surface area contributed by atoms with Gasteiger partial charge in [0.1, 0.15) is 34.3 Å². The minimum absolute atomic E-state index is 0.0648. The van der Waals surface area contributed by atoms with E-state index in [1.54, 1.807) is 84.7 Å². The number of H-pyrrole nitrogens is 2. The van der Waals surface area contributed by atoms with E-state index in [1.165, 1.54) is 94.1 Å². The number of benzene rings is 6. The van der Waals surface area contributed by atoms with Crippen LogP contribution in [-0.4, -0.2) is 60.9 Å². The summed E-state index contributed by atoms with van der Waals surface area (Å²) in [6.07, 6.45) is 10.0. The zero-order valence-corrected chi connectivity index (χ0v) is 43.7. The molecular weight excluding hydrogens is 1060 g/mol. The number of hydrogen-bond donors (Lipinski definition) is 4. The van der Waals surface area contributed by atoms with E-state index >= 15 is 8.78 Å². The highest BCUT2D eigenvalue weighted by molar-refractivity contribution is 6.05. The maximum absolute atomic E-state index is 15.2. The molecule has 0 radical (unpaired) electrons. The first-order valence-corrected chi connectivity index (χ1v) is 25.0. The van der Waals surface area contributed by atoms with Gasteiger partial charge in [-0.05, 0) is 135 Å². The Morgan fingerprint density at radius 2 is 0.890 bits per heavy atom. The summed E-state index contributed by atoms with van der Waals surface area (Å²) in [6, 6.07) is 32.0. The molecule has 6 aromatic heterocycles. The zero-order valence-electron chi connectivity index (χ0n) is 43.7. The molecule has 12 rings (SSSR count). The molecule has 408 valence electrons. The van der Waals surface area contributed by atoms with Crippen LogP contribution < -0.4 is 31.2 Å². The van der Waals surface area contributed by atoms with E-state index in [4.69, 9.17) is 9.47 Å². The van der Waals surface area contributed by atoms with E-state index in [0.29, 0.717) is 45.4 Å². The summed E-state index contributed by atoms with van der Waals surface area (Å²) in [7, 11) is 3.65. The topological polar surface area (TPSA) is 214 Å². The van der Waals surface area contributed by atoms with Gasteiger partial charge in [-0.2, -0.15) is 20.4 Å². The number of nitrogens with one attached hydrogen (secondary N) is 4. The van der Waals surface area contributed by atoms with E-state index in [0.717, 1.165) is 45.1 Å². The largest absolute Gasteiger partial charge is 0.454 e. The number of pyridine rings is 2. The Bertz CT molecular complexity index is 4250. The first kappa shape index (κ1) is 52.9. The SMILES string of the molecule is Cc1ccc(C(=O)Nc2ccc(Oc3cc4cnn(C)c4cc3-c3cn[nH]c3)c(F)c2)c(=O)n1-c1ccc(F)cc1.Cc1ccc(C(=O)Nc2ccc(Oc3cc4cnn(C)c4cc3-c3cn[nH]c3)c(F)c2)c(=O)n1-c1ccc(F)cc1. The quantitative estimate of drug-likeness (QED) is 0.0849. The van der Waals surface area contributed by atoms with Crippen molar-refractivity contribution in [1.29, 1.82) is 0 Å². The second kappa shape index (κ2) is 21.9. The minimum Gasteiger partial charge on any atom is -0.454 e. The maximum Gasteiger partial charge on any atom is 0.268 e. The highest BCUT2D eigenvalue weighted by Crippen LogP contribution is 2.39. The number of aryl methyl sites for hydroxylation is 4. The van der Waals surface area contributed by atoms with Crippen LogP contribution in [0.1, 0.15) is 32.1 Å². The molecule has 82 heavy (non-hydrogen) atoms. The fourth-order valence-corrected chi connectivity index (χ4v) is 9.16. The first-order valence-electron chi connectivity index (χ1n) is 25.0. The Morgan fingerprint density at radius 1 is 0.488 bits per heavy atom. The number of nitrogens with zero attached hydrogens (tertiary/aromatic N) is 8. The van der Waals surface area contributed by atoms with Crippen molar-refractivity contribution in [2.75, 3.05) is 10.6 Å². The van der Waals surface area contributed by atoms with E-state index in [1.807, 2.05) is 26.2 Å². The molecule has 0 unspecified atom stereocenters. The molecular formula is C60H44F4N12O6. The summed E-state index contributed by atoms with van der Waals surface area (Å²) < 4.78 is 75.3. The molecule has 0 saturated carbocycles. The van der Waals surface area contributed by atoms with Gasteiger partial charge in [0.15, 0.2) is 23.1 Å². The monoisotopic (exact) mass is 1100 g/mol. The number of anilines is 2. The number of hydrogen-bond acceptors (Lipinski definition) is 10. The molecule has 0 bridgehead atoms. The van der Waals surface area contributed by atoms with E-state index in [9.17, 15) is 28.0 Å². The van der Waals surface area contributed by atoms with Gasteiger partial charge < -0.3 is 20.1 Å². The van der Waals surface area contributed by atoms with Crippen molar-refractivity contribution in [3.63, 3.8) is 0 Å². The van der Waals surface area contributed by atoms with Crippen molar-refractivity contribution in [3.05, 3.63) is 237 Å². The molecule has 2 amide bonds. The van der Waals surface area contributed by atoms with Crippen molar-refractivity contribution < 1.29 is 36.6 Å². The lowest BCUT2D eigenvalue weighted by Crippen LogP contribution is -2.29. The van der Waals surface area contributed by atoms with Gasteiger partial charge in [0, 0.05) is 106 Å². The molecule has 22 heteroatoms. The van der Waals surface area contributed by atoms with Crippen LogP contribution in [-0.2, 0) is 14.1 Å². The van der Waals surface area contributed by atoms with Gasteiger partial charge in [0.2, 0.25) is 0 Å². The smallest absolute Gasteiger partial charge is 0.268 e. The van der Waals surface area contributed by atoms with Gasteiger partial charge in [0.25, 0.3) is 22.9 Å². The fourth-order valence-electron chi connectivity index (χ4n) is 9.16. The van der Waals surface area contributed by atoms with Crippen molar-refractivity contribution in [3.8, 4) is 56.6 Å². The van der Waals surface area contributed by atoms with Crippen molar-refractivity contribution in [2.45, 2.75) is 13.8 Å². The average molecular weight is 1110 g/mol. The lowest BCUT2D eigenvalue weighted by Gasteiger charge is -2.14. The third kappa shape index (κ3) is 10.6. The van der Waals surface area contributed by atoms with Crippen LogP contribution in [0.5, 0.6) is 23.0 Å². The maximum atomic E-state index is 15.2. The van der Waals surface area contributed by atoms with Crippen molar-refractivity contribution in [2.24, 2.45) is 14.1 Å². The normalized spacial score (nSPS) is 11.1. The highest BCUT2D eigenvalue weighted by Gasteiger charge is 2.21. The lowest BCUT2D eigenvalue weighted by molar-refractivity contribution is 0.101. The summed E-state index contributed by atoms with van der Waals surface area (Å²) in [6.45, 7) is 3.40. The van der Waals surface area contributed by atoms with Crippen molar-refractivity contribution in [1.82, 2.24) is 49.1 Å². The minimum atomic E-state index is -0.722. The predicted octanol–water partition coefficient (Wildman–Crippen LogP) is 11.5. The number of aromatic amines is 2. The highest BCUT2D eigenvalue weighted by atomic mass is 19.1. The molecule has 18 nitrogen and oxygen atoms in total. The molecule has 0 aliphatic carbocycles. The number of carbonyl (C=O) groups excluding carboxylic acids is 2. The number of amides is 2. The average Bonchev–Trinajstić information content (AvgIpc) is 4.39. The number of aromatic nitrogens is 10.